The zero-order valence-corrected chi connectivity index (χ0v) is 10.5. The third kappa shape index (κ3) is 2.46. The van der Waals surface area contributed by atoms with E-state index in [1.807, 2.05) is 0 Å². The summed E-state index contributed by atoms with van der Waals surface area (Å²) in [5.74, 6) is 1.17. The second-order valence-corrected chi connectivity index (χ2v) is 4.65. The fraction of sp³-hybridized carbons (Fsp3) is 0.769. The Morgan fingerprint density at radius 1 is 1.31 bits per heavy atom. The Morgan fingerprint density at radius 3 is 2.81 bits per heavy atom. The second kappa shape index (κ2) is 5.48. The molecule has 90 valence electrons. The minimum atomic E-state index is 0.463. The number of hydrogen-bond acceptors (Lipinski definition) is 2. The van der Waals surface area contributed by atoms with Gasteiger partial charge < -0.3 is 10.3 Å². The first-order valence-corrected chi connectivity index (χ1v) is 6.66. The Bertz CT molecular complexity index is 324. The van der Waals surface area contributed by atoms with Crippen LogP contribution in [-0.4, -0.2) is 16.5 Å². The Labute approximate surface area is 98.1 Å². The fourth-order valence-corrected chi connectivity index (χ4v) is 2.47. The van der Waals surface area contributed by atoms with Gasteiger partial charge in [-0.1, -0.05) is 26.7 Å². The predicted molar refractivity (Wildman–Crippen MR) is 66.6 cm³/mol. The molecular formula is C13H23N3. The number of nitrogens with one attached hydrogen (secondary N) is 2. The van der Waals surface area contributed by atoms with E-state index in [0.29, 0.717) is 6.04 Å². The summed E-state index contributed by atoms with van der Waals surface area (Å²) in [7, 11) is 0. The van der Waals surface area contributed by atoms with Gasteiger partial charge in [0, 0.05) is 5.69 Å². The minimum absolute atomic E-state index is 0.463. The Morgan fingerprint density at radius 2 is 2.19 bits per heavy atom. The van der Waals surface area contributed by atoms with Crippen LogP contribution in [0.15, 0.2) is 0 Å². The summed E-state index contributed by atoms with van der Waals surface area (Å²) in [4.78, 5) is 8.28. The fourth-order valence-electron chi connectivity index (χ4n) is 2.47. The minimum Gasteiger partial charge on any atom is -0.344 e. The highest BCUT2D eigenvalue weighted by Gasteiger charge is 2.19. The molecule has 0 bridgehead atoms. The largest absolute Gasteiger partial charge is 0.344 e. The van der Waals surface area contributed by atoms with Crippen molar-refractivity contribution in [2.75, 3.05) is 6.54 Å². The lowest BCUT2D eigenvalue weighted by Crippen LogP contribution is -2.27. The molecule has 1 aliphatic heterocycles. The molecule has 3 nitrogen and oxygen atoms in total. The molecule has 2 N–H and O–H groups in total. The van der Waals surface area contributed by atoms with Crippen LogP contribution in [-0.2, 0) is 12.8 Å². The number of aromatic nitrogens is 2. The van der Waals surface area contributed by atoms with Crippen LogP contribution in [0.4, 0.5) is 0 Å². The maximum Gasteiger partial charge on any atom is 0.123 e. The lowest BCUT2D eigenvalue weighted by Gasteiger charge is -2.21. The Hall–Kier alpha value is -0.830. The van der Waals surface area contributed by atoms with Gasteiger partial charge in [0.2, 0.25) is 0 Å². The van der Waals surface area contributed by atoms with E-state index in [1.165, 1.54) is 42.9 Å². The molecule has 1 unspecified atom stereocenters. The summed E-state index contributed by atoms with van der Waals surface area (Å²) in [6.07, 6.45) is 7.21. The van der Waals surface area contributed by atoms with Crippen LogP contribution in [0.2, 0.25) is 0 Å². The summed E-state index contributed by atoms with van der Waals surface area (Å²) in [5.41, 5.74) is 2.62. The van der Waals surface area contributed by atoms with Crippen molar-refractivity contribution in [3.05, 3.63) is 17.2 Å². The molecule has 1 atom stereocenters. The first-order valence-electron chi connectivity index (χ1n) is 6.66. The molecule has 1 aliphatic rings. The van der Waals surface area contributed by atoms with Gasteiger partial charge in [-0.25, -0.2) is 4.98 Å². The topological polar surface area (TPSA) is 40.7 Å². The highest BCUT2D eigenvalue weighted by atomic mass is 15.0. The van der Waals surface area contributed by atoms with Gasteiger partial charge in [-0.3, -0.25) is 0 Å². The first-order chi connectivity index (χ1) is 7.85. The number of rotatable bonds is 4. The maximum atomic E-state index is 4.75. The third-order valence-electron chi connectivity index (χ3n) is 3.36. The van der Waals surface area contributed by atoms with Gasteiger partial charge in [-0.15, -0.1) is 0 Å². The van der Waals surface area contributed by atoms with Crippen LogP contribution >= 0.6 is 0 Å². The van der Waals surface area contributed by atoms with Crippen molar-refractivity contribution in [1.82, 2.24) is 15.3 Å². The van der Waals surface area contributed by atoms with E-state index >= 15 is 0 Å². The maximum absolute atomic E-state index is 4.75. The number of aryl methyl sites for hydroxylation is 2. The van der Waals surface area contributed by atoms with Crippen LogP contribution < -0.4 is 5.32 Å². The third-order valence-corrected chi connectivity index (χ3v) is 3.36. The zero-order chi connectivity index (χ0) is 11.4. The summed E-state index contributed by atoms with van der Waals surface area (Å²) in [6.45, 7) is 5.54. The second-order valence-electron chi connectivity index (χ2n) is 4.65. The molecule has 0 spiro atoms. The average molecular weight is 221 g/mol. The molecule has 2 rings (SSSR count). The smallest absolute Gasteiger partial charge is 0.123 e. The van der Waals surface area contributed by atoms with Crippen molar-refractivity contribution in [3.8, 4) is 0 Å². The lowest BCUT2D eigenvalue weighted by molar-refractivity contribution is 0.399. The van der Waals surface area contributed by atoms with E-state index < -0.39 is 0 Å². The molecule has 1 saturated heterocycles. The number of aromatic amines is 1. The van der Waals surface area contributed by atoms with Crippen LogP contribution in [0.3, 0.4) is 0 Å². The lowest BCUT2D eigenvalue weighted by atomic mass is 10.0. The van der Waals surface area contributed by atoms with Crippen LogP contribution in [0.1, 0.15) is 62.8 Å². The number of nitrogens with zero attached hydrogens (tertiary/aromatic N) is 1. The molecule has 1 fully saturated rings. The van der Waals surface area contributed by atoms with Gasteiger partial charge >= 0.3 is 0 Å². The van der Waals surface area contributed by atoms with Crippen molar-refractivity contribution in [2.24, 2.45) is 0 Å². The first kappa shape index (κ1) is 11.6. The van der Waals surface area contributed by atoms with Gasteiger partial charge in [-0.2, -0.15) is 0 Å². The van der Waals surface area contributed by atoms with Crippen molar-refractivity contribution in [2.45, 2.75) is 58.4 Å². The van der Waals surface area contributed by atoms with Gasteiger partial charge in [0.25, 0.3) is 0 Å². The summed E-state index contributed by atoms with van der Waals surface area (Å²) in [5, 5.41) is 3.55. The van der Waals surface area contributed by atoms with Crippen molar-refractivity contribution >= 4 is 0 Å². The summed E-state index contributed by atoms with van der Waals surface area (Å²) >= 11 is 0. The highest BCUT2D eigenvalue weighted by Crippen LogP contribution is 2.22. The van der Waals surface area contributed by atoms with Crippen molar-refractivity contribution < 1.29 is 0 Å². The van der Waals surface area contributed by atoms with Crippen molar-refractivity contribution in [3.63, 3.8) is 0 Å². The number of piperidine rings is 1. The molecule has 1 aromatic heterocycles. The molecule has 16 heavy (non-hydrogen) atoms. The summed E-state index contributed by atoms with van der Waals surface area (Å²) in [6, 6.07) is 0.463. The molecule has 0 saturated carbocycles. The quantitative estimate of drug-likeness (QED) is 0.820. The van der Waals surface area contributed by atoms with E-state index in [4.69, 9.17) is 4.98 Å². The van der Waals surface area contributed by atoms with E-state index in [-0.39, 0.29) is 0 Å². The molecule has 1 aromatic rings. The standard InChI is InChI=1S/C13H23N3/c1-3-7-11-10(4-2)15-13(16-11)12-8-5-6-9-14-12/h12,14H,3-9H2,1-2H3,(H,15,16). The molecular weight excluding hydrogens is 198 g/mol. The monoisotopic (exact) mass is 221 g/mol. The highest BCUT2D eigenvalue weighted by molar-refractivity contribution is 5.17. The number of imidazole rings is 1. The summed E-state index contributed by atoms with van der Waals surface area (Å²) < 4.78 is 0. The SMILES string of the molecule is CCCc1[nH]c(C2CCCCN2)nc1CC. The van der Waals surface area contributed by atoms with Gasteiger partial charge in [0.15, 0.2) is 0 Å². The Balaban J connectivity index is 2.14. The van der Waals surface area contributed by atoms with Crippen LogP contribution in [0.25, 0.3) is 0 Å². The van der Waals surface area contributed by atoms with E-state index in [9.17, 15) is 0 Å². The molecule has 2 heterocycles. The molecule has 0 amide bonds. The average Bonchev–Trinajstić information content (AvgIpc) is 2.74. The van der Waals surface area contributed by atoms with E-state index in [0.717, 1.165) is 19.4 Å². The van der Waals surface area contributed by atoms with Crippen LogP contribution in [0, 0.1) is 0 Å². The normalized spacial score (nSPS) is 21.2. The zero-order valence-electron chi connectivity index (χ0n) is 10.5. The number of H-pyrrole nitrogens is 1. The van der Waals surface area contributed by atoms with Gasteiger partial charge in [-0.05, 0) is 32.2 Å². The molecule has 0 aromatic carbocycles. The van der Waals surface area contributed by atoms with Gasteiger partial charge in [0.05, 0.1) is 11.7 Å². The molecule has 0 aliphatic carbocycles. The number of hydrogen-bond donors (Lipinski definition) is 2. The van der Waals surface area contributed by atoms with Crippen molar-refractivity contribution in [1.29, 1.82) is 0 Å². The van der Waals surface area contributed by atoms with E-state index in [2.05, 4.69) is 24.1 Å². The molecule has 0 radical (unpaired) electrons. The van der Waals surface area contributed by atoms with E-state index in [1.54, 1.807) is 0 Å². The Kier molecular flexibility index (Phi) is 3.99. The van der Waals surface area contributed by atoms with Gasteiger partial charge in [0.1, 0.15) is 5.82 Å². The molecule has 3 heteroatoms. The van der Waals surface area contributed by atoms with Crippen LogP contribution in [0.5, 0.6) is 0 Å². The predicted octanol–water partition coefficient (Wildman–Crippen LogP) is 2.74.